The third kappa shape index (κ3) is 4.28. The highest BCUT2D eigenvalue weighted by Crippen LogP contribution is 2.26. The molecule has 1 aromatic heterocycles. The quantitative estimate of drug-likeness (QED) is 0.872. The summed E-state index contributed by atoms with van der Waals surface area (Å²) in [6, 6.07) is 3.97. The molecule has 1 atom stereocenters. The van der Waals surface area contributed by atoms with Crippen molar-refractivity contribution >= 4 is 11.3 Å². The van der Waals surface area contributed by atoms with Crippen LogP contribution >= 0.6 is 11.3 Å². The topological polar surface area (TPSA) is 18.5 Å². The van der Waals surface area contributed by atoms with Crippen LogP contribution in [-0.4, -0.2) is 49.1 Å². The predicted molar refractivity (Wildman–Crippen MR) is 90.9 cm³/mol. The molecule has 118 valence electrons. The van der Waals surface area contributed by atoms with Crippen molar-refractivity contribution in [3.8, 4) is 0 Å². The van der Waals surface area contributed by atoms with Crippen LogP contribution in [0.5, 0.6) is 0 Å². The molecule has 1 saturated heterocycles. The highest BCUT2D eigenvalue weighted by atomic mass is 32.1. The van der Waals surface area contributed by atoms with Crippen molar-refractivity contribution in [2.45, 2.75) is 57.8 Å². The van der Waals surface area contributed by atoms with Gasteiger partial charge in [0.1, 0.15) is 0 Å². The fourth-order valence-electron chi connectivity index (χ4n) is 3.20. The molecule has 21 heavy (non-hydrogen) atoms. The third-order valence-electron chi connectivity index (χ3n) is 4.82. The van der Waals surface area contributed by atoms with Crippen molar-refractivity contribution in [3.05, 3.63) is 21.4 Å². The van der Waals surface area contributed by atoms with Gasteiger partial charge in [0, 0.05) is 41.5 Å². The lowest BCUT2D eigenvalue weighted by atomic mass is 10.0. The molecule has 0 bridgehead atoms. The fraction of sp³-hybridized carbons (Fsp3) is 0.765. The zero-order chi connectivity index (χ0) is 14.8. The summed E-state index contributed by atoms with van der Waals surface area (Å²) in [6.45, 7) is 6.97. The van der Waals surface area contributed by atoms with E-state index in [0.717, 1.165) is 25.2 Å². The molecule has 1 unspecified atom stereocenters. The van der Waals surface area contributed by atoms with Crippen molar-refractivity contribution < 1.29 is 0 Å². The minimum Gasteiger partial charge on any atom is -0.309 e. The van der Waals surface area contributed by atoms with Crippen LogP contribution < -0.4 is 5.32 Å². The van der Waals surface area contributed by atoms with Gasteiger partial charge in [0.2, 0.25) is 0 Å². The molecule has 1 aromatic rings. The predicted octanol–water partition coefficient (Wildman–Crippen LogP) is 2.83. The first-order valence-electron chi connectivity index (χ1n) is 8.32. The summed E-state index contributed by atoms with van der Waals surface area (Å²) in [5.41, 5.74) is 1.55. The maximum absolute atomic E-state index is 3.63. The highest BCUT2D eigenvalue weighted by molar-refractivity contribution is 7.12. The van der Waals surface area contributed by atoms with E-state index in [2.05, 4.69) is 42.2 Å². The van der Waals surface area contributed by atoms with Crippen LogP contribution in [0.2, 0.25) is 0 Å². The Bertz CT molecular complexity index is 465. The summed E-state index contributed by atoms with van der Waals surface area (Å²) < 4.78 is 0. The number of nitrogens with one attached hydrogen (secondary N) is 1. The average Bonchev–Trinajstić information content (AvgIpc) is 3.22. The second-order valence-corrected chi connectivity index (χ2v) is 8.28. The number of piperidine rings is 1. The second kappa shape index (κ2) is 6.78. The summed E-state index contributed by atoms with van der Waals surface area (Å²) in [7, 11) is 4.43. The third-order valence-corrected chi connectivity index (χ3v) is 5.91. The molecule has 2 aliphatic rings. The lowest BCUT2D eigenvalue weighted by Gasteiger charge is -2.36. The van der Waals surface area contributed by atoms with Gasteiger partial charge in [-0.05, 0) is 64.9 Å². The van der Waals surface area contributed by atoms with Crippen molar-refractivity contribution in [1.82, 2.24) is 15.1 Å². The largest absolute Gasteiger partial charge is 0.309 e. The van der Waals surface area contributed by atoms with Crippen molar-refractivity contribution in [2.24, 2.45) is 0 Å². The maximum Gasteiger partial charge on any atom is 0.0302 e. The Balaban J connectivity index is 1.55. The average molecular weight is 308 g/mol. The number of hydrogen-bond donors (Lipinski definition) is 1. The standard InChI is InChI=1S/C17H29N3S/c1-13-14(9-17(21-13)10-18-15-6-7-15)11-20-8-4-5-16(12-20)19(2)3/h9,15-16,18H,4-8,10-12H2,1-3H3. The van der Waals surface area contributed by atoms with Crippen molar-refractivity contribution in [2.75, 3.05) is 27.2 Å². The van der Waals surface area contributed by atoms with Gasteiger partial charge in [-0.25, -0.2) is 0 Å². The first kappa shape index (κ1) is 15.5. The molecular formula is C17H29N3S. The van der Waals surface area contributed by atoms with E-state index >= 15 is 0 Å². The van der Waals surface area contributed by atoms with Crippen LogP contribution in [0.25, 0.3) is 0 Å². The van der Waals surface area contributed by atoms with Gasteiger partial charge in [0.25, 0.3) is 0 Å². The molecule has 2 fully saturated rings. The van der Waals surface area contributed by atoms with E-state index in [-0.39, 0.29) is 0 Å². The number of nitrogens with zero attached hydrogens (tertiary/aromatic N) is 2. The molecule has 0 radical (unpaired) electrons. The summed E-state index contributed by atoms with van der Waals surface area (Å²) in [5.74, 6) is 0. The second-order valence-electron chi connectivity index (χ2n) is 6.94. The number of hydrogen-bond acceptors (Lipinski definition) is 4. The van der Waals surface area contributed by atoms with E-state index in [4.69, 9.17) is 0 Å². The molecule has 1 aliphatic carbocycles. The van der Waals surface area contributed by atoms with E-state index < -0.39 is 0 Å². The minimum absolute atomic E-state index is 0.730. The van der Waals surface area contributed by atoms with E-state index in [1.165, 1.54) is 48.5 Å². The highest BCUT2D eigenvalue weighted by Gasteiger charge is 2.23. The number of likely N-dealkylation sites (tertiary alicyclic amines) is 1. The minimum atomic E-state index is 0.730. The van der Waals surface area contributed by atoms with Crippen LogP contribution in [0.3, 0.4) is 0 Å². The van der Waals surface area contributed by atoms with Crippen LogP contribution in [0.1, 0.15) is 41.0 Å². The van der Waals surface area contributed by atoms with E-state index in [9.17, 15) is 0 Å². The Morgan fingerprint density at radius 3 is 2.86 bits per heavy atom. The molecule has 1 aliphatic heterocycles. The molecule has 3 rings (SSSR count). The molecule has 1 saturated carbocycles. The fourth-order valence-corrected chi connectivity index (χ4v) is 4.21. The Morgan fingerprint density at radius 1 is 1.33 bits per heavy atom. The molecule has 0 spiro atoms. The molecule has 1 N–H and O–H groups in total. The molecule has 3 nitrogen and oxygen atoms in total. The molecular weight excluding hydrogens is 278 g/mol. The number of thiophene rings is 1. The van der Waals surface area contributed by atoms with Gasteiger partial charge in [0.15, 0.2) is 0 Å². The molecule has 0 aromatic carbocycles. The van der Waals surface area contributed by atoms with E-state index in [0.29, 0.717) is 0 Å². The number of likely N-dealkylation sites (N-methyl/N-ethyl adjacent to an activating group) is 1. The van der Waals surface area contributed by atoms with Gasteiger partial charge in [-0.1, -0.05) is 0 Å². The molecule has 2 heterocycles. The SMILES string of the molecule is Cc1sc(CNC2CC2)cc1CN1CCCC(N(C)C)C1. The zero-order valence-corrected chi connectivity index (χ0v) is 14.5. The number of aryl methyl sites for hydroxylation is 1. The van der Waals surface area contributed by atoms with Crippen molar-refractivity contribution in [3.63, 3.8) is 0 Å². The van der Waals surface area contributed by atoms with E-state index in [1.807, 2.05) is 11.3 Å². The van der Waals surface area contributed by atoms with E-state index in [1.54, 1.807) is 5.56 Å². The van der Waals surface area contributed by atoms with Gasteiger partial charge in [-0.3, -0.25) is 4.90 Å². The molecule has 0 amide bonds. The van der Waals surface area contributed by atoms with Crippen LogP contribution in [0, 0.1) is 6.92 Å². The zero-order valence-electron chi connectivity index (χ0n) is 13.7. The lowest BCUT2D eigenvalue weighted by molar-refractivity contribution is 0.128. The maximum atomic E-state index is 3.63. The van der Waals surface area contributed by atoms with Gasteiger partial charge in [0.05, 0.1) is 0 Å². The smallest absolute Gasteiger partial charge is 0.0302 e. The van der Waals surface area contributed by atoms with Gasteiger partial charge >= 0.3 is 0 Å². The molecule has 4 heteroatoms. The summed E-state index contributed by atoms with van der Waals surface area (Å²) in [5, 5.41) is 3.63. The van der Waals surface area contributed by atoms with Gasteiger partial charge in [-0.2, -0.15) is 0 Å². The Labute approximate surface area is 133 Å². The number of rotatable bonds is 6. The Hall–Kier alpha value is -0.420. The van der Waals surface area contributed by atoms with Gasteiger partial charge < -0.3 is 10.2 Å². The first-order valence-corrected chi connectivity index (χ1v) is 9.14. The summed E-state index contributed by atoms with van der Waals surface area (Å²) >= 11 is 1.98. The summed E-state index contributed by atoms with van der Waals surface area (Å²) in [6.07, 6.45) is 5.43. The normalized spacial score (nSPS) is 23.9. The Kier molecular flexibility index (Phi) is 4.99. The van der Waals surface area contributed by atoms with Crippen LogP contribution in [-0.2, 0) is 13.1 Å². The van der Waals surface area contributed by atoms with Gasteiger partial charge in [-0.15, -0.1) is 11.3 Å². The lowest BCUT2D eigenvalue weighted by Crippen LogP contribution is -2.44. The summed E-state index contributed by atoms with van der Waals surface area (Å²) in [4.78, 5) is 8.05. The van der Waals surface area contributed by atoms with Crippen LogP contribution in [0.4, 0.5) is 0 Å². The van der Waals surface area contributed by atoms with Crippen LogP contribution in [0.15, 0.2) is 6.07 Å². The monoisotopic (exact) mass is 307 g/mol. The Morgan fingerprint density at radius 2 is 2.14 bits per heavy atom. The first-order chi connectivity index (χ1) is 10.1. The van der Waals surface area contributed by atoms with Crippen molar-refractivity contribution in [1.29, 1.82) is 0 Å².